The molecule has 0 bridgehead atoms. The van der Waals surface area contributed by atoms with Gasteiger partial charge in [0.25, 0.3) is 0 Å². The zero-order valence-corrected chi connectivity index (χ0v) is 9.75. The molecular formula is C11H13ClN2O2. The van der Waals surface area contributed by atoms with Gasteiger partial charge >= 0.3 is 0 Å². The molecule has 1 N–H and O–H groups in total. The third-order valence-corrected chi connectivity index (χ3v) is 2.40. The van der Waals surface area contributed by atoms with Gasteiger partial charge in [0.05, 0.1) is 18.8 Å². The molecule has 4 nitrogen and oxygen atoms in total. The molecule has 2 aromatic rings. The van der Waals surface area contributed by atoms with E-state index in [1.54, 1.807) is 6.07 Å². The van der Waals surface area contributed by atoms with Crippen LogP contribution < -0.4 is 5.32 Å². The molecule has 2 heterocycles. The van der Waals surface area contributed by atoms with Gasteiger partial charge in [0.2, 0.25) is 0 Å². The molecule has 2 rings (SSSR count). The van der Waals surface area contributed by atoms with Crippen LogP contribution in [0.1, 0.15) is 24.1 Å². The van der Waals surface area contributed by atoms with Gasteiger partial charge in [-0.3, -0.25) is 0 Å². The first-order valence-corrected chi connectivity index (χ1v) is 5.55. The number of halogens is 1. The second-order valence-corrected chi connectivity index (χ2v) is 3.82. The Hall–Kier alpha value is -1.26. The van der Waals surface area contributed by atoms with Crippen molar-refractivity contribution in [3.05, 3.63) is 40.6 Å². The summed E-state index contributed by atoms with van der Waals surface area (Å²) in [6.07, 6.45) is 0.886. The third kappa shape index (κ3) is 2.87. The zero-order valence-electron chi connectivity index (χ0n) is 9.00. The summed E-state index contributed by atoms with van der Waals surface area (Å²) in [7, 11) is 0. The highest BCUT2D eigenvalue weighted by Crippen LogP contribution is 2.12. The summed E-state index contributed by atoms with van der Waals surface area (Å²) in [5.41, 5.74) is 0.970. The summed E-state index contributed by atoms with van der Waals surface area (Å²) >= 11 is 5.66. The molecule has 0 aliphatic heterocycles. The Morgan fingerprint density at radius 1 is 1.31 bits per heavy atom. The van der Waals surface area contributed by atoms with Crippen LogP contribution >= 0.6 is 11.6 Å². The molecule has 5 heteroatoms. The minimum Gasteiger partial charge on any atom is -0.448 e. The van der Waals surface area contributed by atoms with Gasteiger partial charge in [0.15, 0.2) is 11.0 Å². The number of nitrogens with one attached hydrogen (secondary N) is 1. The van der Waals surface area contributed by atoms with E-state index >= 15 is 0 Å². The van der Waals surface area contributed by atoms with Gasteiger partial charge in [-0.25, -0.2) is 0 Å². The molecule has 0 radical (unpaired) electrons. The SMILES string of the molecule is CCc1cc(CNCc2ccc(Cl)o2)on1. The van der Waals surface area contributed by atoms with Crippen molar-refractivity contribution in [3.63, 3.8) is 0 Å². The molecule has 0 aromatic carbocycles. The maximum absolute atomic E-state index is 5.66. The standard InChI is InChI=1S/C11H13ClN2O2/c1-2-8-5-10(16-14-8)7-13-6-9-3-4-11(12)15-9/h3-5,13H,2,6-7H2,1H3. The third-order valence-electron chi connectivity index (χ3n) is 2.20. The van der Waals surface area contributed by atoms with Crippen molar-refractivity contribution in [1.29, 1.82) is 0 Å². The van der Waals surface area contributed by atoms with Crippen molar-refractivity contribution < 1.29 is 8.94 Å². The number of rotatable bonds is 5. The minimum absolute atomic E-state index is 0.407. The van der Waals surface area contributed by atoms with Crippen LogP contribution in [0.3, 0.4) is 0 Å². The van der Waals surface area contributed by atoms with E-state index in [4.69, 9.17) is 20.5 Å². The van der Waals surface area contributed by atoms with Gasteiger partial charge in [0, 0.05) is 6.07 Å². The maximum atomic E-state index is 5.66. The molecule has 0 aliphatic carbocycles. The molecule has 0 unspecified atom stereocenters. The fraction of sp³-hybridized carbons (Fsp3) is 0.364. The van der Waals surface area contributed by atoms with Gasteiger partial charge in [-0.2, -0.15) is 0 Å². The van der Waals surface area contributed by atoms with Crippen molar-refractivity contribution in [2.75, 3.05) is 0 Å². The van der Waals surface area contributed by atoms with E-state index in [9.17, 15) is 0 Å². The van der Waals surface area contributed by atoms with E-state index in [-0.39, 0.29) is 0 Å². The Bertz CT molecular complexity index is 450. The van der Waals surface area contributed by atoms with E-state index in [2.05, 4.69) is 10.5 Å². The van der Waals surface area contributed by atoms with Gasteiger partial charge < -0.3 is 14.3 Å². The topological polar surface area (TPSA) is 51.2 Å². The minimum atomic E-state index is 0.407. The van der Waals surface area contributed by atoms with Crippen molar-refractivity contribution in [2.24, 2.45) is 0 Å². The molecule has 2 aromatic heterocycles. The smallest absolute Gasteiger partial charge is 0.193 e. The highest BCUT2D eigenvalue weighted by molar-refractivity contribution is 6.28. The van der Waals surface area contributed by atoms with E-state index in [1.165, 1.54) is 0 Å². The Morgan fingerprint density at radius 2 is 2.12 bits per heavy atom. The van der Waals surface area contributed by atoms with Crippen LogP contribution in [0, 0.1) is 0 Å². The largest absolute Gasteiger partial charge is 0.448 e. The molecule has 0 saturated carbocycles. The zero-order chi connectivity index (χ0) is 11.4. The predicted octanol–water partition coefficient (Wildman–Crippen LogP) is 2.77. The average molecular weight is 241 g/mol. The molecule has 0 aliphatic rings. The van der Waals surface area contributed by atoms with Crippen LogP contribution in [0.25, 0.3) is 0 Å². The molecular weight excluding hydrogens is 228 g/mol. The Morgan fingerprint density at radius 3 is 2.75 bits per heavy atom. The average Bonchev–Trinajstić information content (AvgIpc) is 2.88. The van der Waals surface area contributed by atoms with E-state index in [1.807, 2.05) is 19.1 Å². The lowest BCUT2D eigenvalue weighted by atomic mass is 10.3. The van der Waals surface area contributed by atoms with E-state index in [0.29, 0.717) is 18.3 Å². The number of hydrogen-bond acceptors (Lipinski definition) is 4. The van der Waals surface area contributed by atoms with Gasteiger partial charge in [0.1, 0.15) is 5.76 Å². The molecule has 0 spiro atoms. The quantitative estimate of drug-likeness (QED) is 0.873. The number of nitrogens with zero attached hydrogens (tertiary/aromatic N) is 1. The maximum Gasteiger partial charge on any atom is 0.193 e. The summed E-state index contributed by atoms with van der Waals surface area (Å²) in [6, 6.07) is 5.51. The van der Waals surface area contributed by atoms with Crippen molar-refractivity contribution >= 4 is 11.6 Å². The lowest BCUT2D eigenvalue weighted by Gasteiger charge is -1.97. The predicted molar refractivity (Wildman–Crippen MR) is 60.1 cm³/mol. The number of aryl methyl sites for hydroxylation is 1. The summed E-state index contributed by atoms with van der Waals surface area (Å²) in [5.74, 6) is 1.63. The fourth-order valence-electron chi connectivity index (χ4n) is 1.36. The van der Waals surface area contributed by atoms with Crippen LogP contribution in [0.4, 0.5) is 0 Å². The highest BCUT2D eigenvalue weighted by atomic mass is 35.5. The van der Waals surface area contributed by atoms with Crippen molar-refractivity contribution in [1.82, 2.24) is 10.5 Å². The molecule has 86 valence electrons. The Kier molecular flexibility index (Phi) is 3.64. The van der Waals surface area contributed by atoms with Gasteiger partial charge in [-0.05, 0) is 30.2 Å². The van der Waals surface area contributed by atoms with Crippen molar-refractivity contribution in [2.45, 2.75) is 26.4 Å². The summed E-state index contributed by atoms with van der Waals surface area (Å²) in [4.78, 5) is 0. The van der Waals surface area contributed by atoms with Crippen molar-refractivity contribution in [3.8, 4) is 0 Å². The first kappa shape index (κ1) is 11.2. The normalized spacial score (nSPS) is 10.9. The monoisotopic (exact) mass is 240 g/mol. The van der Waals surface area contributed by atoms with Crippen LogP contribution in [0.2, 0.25) is 5.22 Å². The van der Waals surface area contributed by atoms with Crippen LogP contribution in [-0.4, -0.2) is 5.16 Å². The Labute approximate surface area is 98.6 Å². The first-order valence-electron chi connectivity index (χ1n) is 5.17. The molecule has 0 atom stereocenters. The van der Waals surface area contributed by atoms with E-state index < -0.39 is 0 Å². The summed E-state index contributed by atoms with van der Waals surface area (Å²) in [6.45, 7) is 3.29. The molecule has 0 saturated heterocycles. The van der Waals surface area contributed by atoms with Crippen LogP contribution in [-0.2, 0) is 19.5 Å². The number of aromatic nitrogens is 1. The van der Waals surface area contributed by atoms with Gasteiger partial charge in [-0.15, -0.1) is 0 Å². The number of furan rings is 1. The Balaban J connectivity index is 1.79. The highest BCUT2D eigenvalue weighted by Gasteiger charge is 2.03. The molecule has 16 heavy (non-hydrogen) atoms. The van der Waals surface area contributed by atoms with Crippen LogP contribution in [0.15, 0.2) is 27.1 Å². The van der Waals surface area contributed by atoms with Gasteiger partial charge in [-0.1, -0.05) is 12.1 Å². The lowest BCUT2D eigenvalue weighted by molar-refractivity contribution is 0.364. The summed E-state index contributed by atoms with van der Waals surface area (Å²) < 4.78 is 10.3. The number of hydrogen-bond donors (Lipinski definition) is 1. The van der Waals surface area contributed by atoms with Crippen LogP contribution in [0.5, 0.6) is 0 Å². The summed E-state index contributed by atoms with van der Waals surface area (Å²) in [5, 5.41) is 7.49. The second-order valence-electron chi connectivity index (χ2n) is 3.45. The molecule has 0 amide bonds. The lowest BCUT2D eigenvalue weighted by Crippen LogP contribution is -2.11. The first-order chi connectivity index (χ1) is 7.78. The fourth-order valence-corrected chi connectivity index (χ4v) is 1.52. The van der Waals surface area contributed by atoms with E-state index in [0.717, 1.165) is 23.6 Å². The second kappa shape index (κ2) is 5.18. The molecule has 0 fully saturated rings.